The number of para-hydroxylation sites is 1. The maximum Gasteiger partial charge on any atom is 0.337 e. The fraction of sp³-hybridized carbons (Fsp3) is 0.0625. The number of amides is 1. The normalized spacial score (nSPS) is 10.3. The second-order valence-corrected chi connectivity index (χ2v) is 4.91. The zero-order valence-corrected chi connectivity index (χ0v) is 12.5. The average molecular weight is 323 g/mol. The van der Waals surface area contributed by atoms with E-state index >= 15 is 0 Å². The summed E-state index contributed by atoms with van der Waals surface area (Å²) in [7, 11) is 0. The Morgan fingerprint density at radius 2 is 1.75 bits per heavy atom. The van der Waals surface area contributed by atoms with Crippen LogP contribution in [0.25, 0.3) is 11.4 Å². The molecule has 1 aromatic heterocycles. The van der Waals surface area contributed by atoms with Crippen molar-refractivity contribution in [2.75, 3.05) is 5.32 Å². The number of hydrogen-bond donors (Lipinski definition) is 2. The van der Waals surface area contributed by atoms with Crippen molar-refractivity contribution < 1.29 is 14.7 Å². The smallest absolute Gasteiger partial charge is 0.337 e. The van der Waals surface area contributed by atoms with E-state index in [0.29, 0.717) is 5.82 Å². The Hall–Kier alpha value is -3.55. The van der Waals surface area contributed by atoms with E-state index in [1.54, 1.807) is 12.1 Å². The summed E-state index contributed by atoms with van der Waals surface area (Å²) in [4.78, 5) is 24.4. The van der Waals surface area contributed by atoms with Crippen molar-refractivity contribution in [1.29, 1.82) is 0 Å². The number of hydrogen-bond acceptors (Lipinski definition) is 5. The Bertz CT molecular complexity index is 876. The van der Waals surface area contributed by atoms with Gasteiger partial charge in [-0.05, 0) is 17.3 Å². The third kappa shape index (κ3) is 3.43. The topological polar surface area (TPSA) is 110 Å². The number of nitrogens with zero attached hydrogens (tertiary/aromatic N) is 4. The Labute approximate surface area is 136 Å². The molecule has 0 atom stereocenters. The number of carbonyl (C=O) groups is 2. The largest absolute Gasteiger partial charge is 0.478 e. The molecule has 0 saturated carbocycles. The lowest BCUT2D eigenvalue weighted by molar-refractivity contribution is -0.117. The monoisotopic (exact) mass is 323 g/mol. The molecule has 0 bridgehead atoms. The van der Waals surface area contributed by atoms with Crippen LogP contribution in [-0.2, 0) is 11.3 Å². The Morgan fingerprint density at radius 3 is 2.50 bits per heavy atom. The van der Waals surface area contributed by atoms with Crippen molar-refractivity contribution in [3.63, 3.8) is 0 Å². The van der Waals surface area contributed by atoms with Gasteiger partial charge >= 0.3 is 5.97 Å². The molecule has 0 aliphatic rings. The van der Waals surface area contributed by atoms with Crippen molar-refractivity contribution >= 4 is 17.6 Å². The first-order chi connectivity index (χ1) is 11.6. The summed E-state index contributed by atoms with van der Waals surface area (Å²) < 4.78 is 0. The maximum atomic E-state index is 12.1. The van der Waals surface area contributed by atoms with Crippen molar-refractivity contribution in [3.8, 4) is 11.4 Å². The van der Waals surface area contributed by atoms with E-state index in [4.69, 9.17) is 5.11 Å². The van der Waals surface area contributed by atoms with E-state index in [9.17, 15) is 9.59 Å². The Balaban J connectivity index is 1.70. The molecule has 3 aromatic rings. The molecule has 24 heavy (non-hydrogen) atoms. The van der Waals surface area contributed by atoms with Crippen molar-refractivity contribution in [2.45, 2.75) is 6.54 Å². The zero-order chi connectivity index (χ0) is 16.9. The summed E-state index contributed by atoms with van der Waals surface area (Å²) in [6, 6.07) is 15.4. The van der Waals surface area contributed by atoms with Crippen LogP contribution in [0.2, 0.25) is 0 Å². The van der Waals surface area contributed by atoms with Crippen molar-refractivity contribution in [2.24, 2.45) is 0 Å². The van der Waals surface area contributed by atoms with Gasteiger partial charge in [-0.1, -0.05) is 42.5 Å². The summed E-state index contributed by atoms with van der Waals surface area (Å²) in [6.45, 7) is -0.173. The van der Waals surface area contributed by atoms with Crippen LogP contribution in [0.3, 0.4) is 0 Å². The van der Waals surface area contributed by atoms with Crippen LogP contribution in [0.1, 0.15) is 10.4 Å². The van der Waals surface area contributed by atoms with Crippen LogP contribution >= 0.6 is 0 Å². The van der Waals surface area contributed by atoms with Gasteiger partial charge in [0.05, 0.1) is 11.3 Å². The van der Waals surface area contributed by atoms with E-state index in [-0.39, 0.29) is 17.8 Å². The van der Waals surface area contributed by atoms with E-state index in [1.165, 1.54) is 12.1 Å². The first-order valence-electron chi connectivity index (χ1n) is 7.09. The third-order valence-corrected chi connectivity index (χ3v) is 3.20. The number of anilines is 1. The molecule has 0 saturated heterocycles. The van der Waals surface area contributed by atoms with E-state index in [0.717, 1.165) is 10.4 Å². The molecule has 0 aliphatic heterocycles. The lowest BCUT2D eigenvalue weighted by Crippen LogP contribution is -2.21. The minimum Gasteiger partial charge on any atom is -0.478 e. The number of nitrogens with one attached hydrogen (secondary N) is 1. The molecule has 0 radical (unpaired) electrons. The summed E-state index contributed by atoms with van der Waals surface area (Å²) in [5, 5.41) is 23.5. The molecule has 8 nitrogen and oxygen atoms in total. The minimum atomic E-state index is -1.11. The van der Waals surface area contributed by atoms with Crippen LogP contribution in [0.4, 0.5) is 5.69 Å². The average Bonchev–Trinajstić information content (AvgIpc) is 3.04. The lowest BCUT2D eigenvalue weighted by Gasteiger charge is -2.07. The predicted molar refractivity (Wildman–Crippen MR) is 85.3 cm³/mol. The highest BCUT2D eigenvalue weighted by Crippen LogP contribution is 2.15. The van der Waals surface area contributed by atoms with Crippen LogP contribution in [0.15, 0.2) is 54.6 Å². The number of benzene rings is 2. The molecule has 1 heterocycles. The summed E-state index contributed by atoms with van der Waals surface area (Å²) in [5.74, 6) is -1.15. The molecular formula is C16H13N5O3. The molecule has 0 aliphatic carbocycles. The number of carboxylic acid groups (broad SMARTS) is 1. The first kappa shape index (κ1) is 15.3. The van der Waals surface area contributed by atoms with Crippen molar-refractivity contribution in [1.82, 2.24) is 20.2 Å². The third-order valence-electron chi connectivity index (χ3n) is 3.20. The Kier molecular flexibility index (Phi) is 4.28. The van der Waals surface area contributed by atoms with Crippen molar-refractivity contribution in [3.05, 3.63) is 60.2 Å². The number of carboxylic acids is 1. The molecule has 2 aromatic carbocycles. The number of aromatic nitrogens is 4. The quantitative estimate of drug-likeness (QED) is 0.739. The highest BCUT2D eigenvalue weighted by Gasteiger charge is 2.13. The number of tetrazole rings is 1. The van der Waals surface area contributed by atoms with Gasteiger partial charge in [-0.3, -0.25) is 4.79 Å². The number of aromatic carboxylic acids is 1. The highest BCUT2D eigenvalue weighted by molar-refractivity contribution is 6.00. The van der Waals surface area contributed by atoms with Gasteiger partial charge < -0.3 is 10.4 Å². The highest BCUT2D eigenvalue weighted by atomic mass is 16.4. The fourth-order valence-electron chi connectivity index (χ4n) is 2.11. The molecule has 0 spiro atoms. The van der Waals surface area contributed by atoms with Gasteiger partial charge in [-0.15, -0.1) is 10.2 Å². The molecule has 0 fully saturated rings. The van der Waals surface area contributed by atoms with Crippen LogP contribution in [0.5, 0.6) is 0 Å². The van der Waals surface area contributed by atoms with Gasteiger partial charge in [0.25, 0.3) is 0 Å². The van der Waals surface area contributed by atoms with Crippen LogP contribution in [-0.4, -0.2) is 37.2 Å². The molecule has 3 rings (SSSR count). The second kappa shape index (κ2) is 6.69. The van der Waals surface area contributed by atoms with Gasteiger partial charge in [-0.2, -0.15) is 4.80 Å². The summed E-state index contributed by atoms with van der Waals surface area (Å²) in [6.07, 6.45) is 0. The standard InChI is InChI=1S/C16H13N5O3/c22-14(17-13-9-5-4-8-12(13)16(23)24)10-21-19-15(18-20-21)11-6-2-1-3-7-11/h1-9H,10H2,(H,17,22)(H,23,24). The molecule has 0 unspecified atom stereocenters. The van der Waals surface area contributed by atoms with E-state index < -0.39 is 11.9 Å². The van der Waals surface area contributed by atoms with Crippen LogP contribution in [0, 0.1) is 0 Å². The van der Waals surface area contributed by atoms with Gasteiger partial charge in [0.1, 0.15) is 6.54 Å². The Morgan fingerprint density at radius 1 is 1.04 bits per heavy atom. The van der Waals surface area contributed by atoms with E-state index in [2.05, 4.69) is 20.7 Å². The van der Waals surface area contributed by atoms with Gasteiger partial charge in [-0.25, -0.2) is 4.79 Å². The maximum absolute atomic E-state index is 12.1. The SMILES string of the molecule is O=C(Cn1nnc(-c2ccccc2)n1)Nc1ccccc1C(=O)O. The van der Waals surface area contributed by atoms with Gasteiger partial charge in [0, 0.05) is 5.56 Å². The second-order valence-electron chi connectivity index (χ2n) is 4.91. The molecule has 2 N–H and O–H groups in total. The summed E-state index contributed by atoms with van der Waals surface area (Å²) in [5.41, 5.74) is 1.03. The van der Waals surface area contributed by atoms with E-state index in [1.807, 2.05) is 30.3 Å². The molecular weight excluding hydrogens is 310 g/mol. The first-order valence-corrected chi connectivity index (χ1v) is 7.09. The lowest BCUT2D eigenvalue weighted by atomic mass is 10.2. The van der Waals surface area contributed by atoms with Gasteiger partial charge in [0.2, 0.25) is 11.7 Å². The molecule has 8 heteroatoms. The number of carbonyl (C=O) groups excluding carboxylic acids is 1. The fourth-order valence-corrected chi connectivity index (χ4v) is 2.11. The summed E-state index contributed by atoms with van der Waals surface area (Å²) >= 11 is 0. The minimum absolute atomic E-state index is 0.0161. The molecule has 1 amide bonds. The predicted octanol–water partition coefficient (Wildman–Crippen LogP) is 1.68. The zero-order valence-electron chi connectivity index (χ0n) is 12.5. The molecule has 120 valence electrons. The van der Waals surface area contributed by atoms with Crippen LogP contribution < -0.4 is 5.32 Å². The van der Waals surface area contributed by atoms with Gasteiger partial charge in [0.15, 0.2) is 0 Å². The number of rotatable bonds is 5.